The standard InChI is InChI=1S/C13H22N4O3/c1-19-6-3-4-17(5-7-20-2)13-11(12(15)18)8-10(14)9-16-13/h8-9H,3-7,14H2,1-2H3,(H2,15,18). The zero-order chi connectivity index (χ0) is 15.0. The lowest BCUT2D eigenvalue weighted by atomic mass is 10.2. The molecule has 0 unspecified atom stereocenters. The molecule has 0 aliphatic carbocycles. The van der Waals surface area contributed by atoms with E-state index < -0.39 is 5.91 Å². The number of carbonyl (C=O) groups excluding carboxylic acids is 1. The number of aromatic nitrogens is 1. The van der Waals surface area contributed by atoms with Crippen molar-refractivity contribution in [2.24, 2.45) is 5.73 Å². The van der Waals surface area contributed by atoms with E-state index in [-0.39, 0.29) is 0 Å². The second-order valence-electron chi connectivity index (χ2n) is 4.33. The van der Waals surface area contributed by atoms with E-state index in [9.17, 15) is 4.79 Å². The Morgan fingerprint density at radius 3 is 2.60 bits per heavy atom. The van der Waals surface area contributed by atoms with Crippen LogP contribution >= 0.6 is 0 Å². The third kappa shape index (κ3) is 4.67. The van der Waals surface area contributed by atoms with Crippen LogP contribution in [-0.2, 0) is 9.47 Å². The molecule has 4 N–H and O–H groups in total. The predicted octanol–water partition coefficient (Wildman–Crippen LogP) is 0.252. The average Bonchev–Trinajstić information content (AvgIpc) is 2.43. The van der Waals surface area contributed by atoms with Gasteiger partial charge in [-0.15, -0.1) is 0 Å². The second-order valence-corrected chi connectivity index (χ2v) is 4.33. The molecule has 0 aliphatic rings. The van der Waals surface area contributed by atoms with Gasteiger partial charge in [0.25, 0.3) is 5.91 Å². The van der Waals surface area contributed by atoms with E-state index >= 15 is 0 Å². The van der Waals surface area contributed by atoms with Crippen LogP contribution in [0.3, 0.4) is 0 Å². The number of anilines is 2. The number of primary amides is 1. The van der Waals surface area contributed by atoms with Crippen LogP contribution in [0.4, 0.5) is 11.5 Å². The maximum Gasteiger partial charge on any atom is 0.252 e. The number of pyridine rings is 1. The lowest BCUT2D eigenvalue weighted by molar-refractivity contribution is 0.100. The number of nitrogen functional groups attached to an aromatic ring is 1. The zero-order valence-corrected chi connectivity index (χ0v) is 12.0. The fourth-order valence-corrected chi connectivity index (χ4v) is 1.83. The third-order valence-electron chi connectivity index (χ3n) is 2.79. The van der Waals surface area contributed by atoms with E-state index in [0.717, 1.165) is 6.42 Å². The first-order valence-corrected chi connectivity index (χ1v) is 6.38. The van der Waals surface area contributed by atoms with Gasteiger partial charge in [-0.3, -0.25) is 4.79 Å². The number of methoxy groups -OCH3 is 2. The summed E-state index contributed by atoms with van der Waals surface area (Å²) in [6.45, 7) is 2.45. The largest absolute Gasteiger partial charge is 0.397 e. The Kier molecular flexibility index (Phi) is 6.75. The van der Waals surface area contributed by atoms with Gasteiger partial charge in [0, 0.05) is 33.9 Å². The van der Waals surface area contributed by atoms with Gasteiger partial charge in [-0.2, -0.15) is 0 Å². The molecule has 0 aromatic carbocycles. The molecule has 0 saturated heterocycles. The molecular formula is C13H22N4O3. The highest BCUT2D eigenvalue weighted by atomic mass is 16.5. The summed E-state index contributed by atoms with van der Waals surface area (Å²) in [6, 6.07) is 1.54. The highest BCUT2D eigenvalue weighted by Gasteiger charge is 2.16. The number of rotatable bonds is 9. The molecule has 0 bridgehead atoms. The molecular weight excluding hydrogens is 260 g/mol. The summed E-state index contributed by atoms with van der Waals surface area (Å²) in [7, 11) is 3.27. The van der Waals surface area contributed by atoms with Crippen LogP contribution in [0.1, 0.15) is 16.8 Å². The quantitative estimate of drug-likeness (QED) is 0.629. The number of carbonyl (C=O) groups is 1. The molecule has 0 spiro atoms. The van der Waals surface area contributed by atoms with Crippen LogP contribution in [0.5, 0.6) is 0 Å². The van der Waals surface area contributed by atoms with E-state index in [4.69, 9.17) is 20.9 Å². The fraction of sp³-hybridized carbons (Fsp3) is 0.538. The van der Waals surface area contributed by atoms with Crippen LogP contribution in [0.15, 0.2) is 12.3 Å². The first kappa shape index (κ1) is 16.2. The normalized spacial score (nSPS) is 10.5. The molecule has 1 rings (SSSR count). The van der Waals surface area contributed by atoms with E-state index in [1.807, 2.05) is 4.90 Å². The van der Waals surface area contributed by atoms with Crippen molar-refractivity contribution in [2.45, 2.75) is 6.42 Å². The molecule has 0 atom stereocenters. The topological polar surface area (TPSA) is 104 Å². The minimum Gasteiger partial charge on any atom is -0.397 e. The predicted molar refractivity (Wildman–Crippen MR) is 77.7 cm³/mol. The smallest absolute Gasteiger partial charge is 0.252 e. The van der Waals surface area contributed by atoms with Crippen LogP contribution < -0.4 is 16.4 Å². The molecule has 0 radical (unpaired) electrons. The SMILES string of the molecule is COCCCN(CCOC)c1ncc(N)cc1C(N)=O. The van der Waals surface area contributed by atoms with Crippen molar-refractivity contribution in [3.05, 3.63) is 17.8 Å². The number of hydrogen-bond donors (Lipinski definition) is 2. The first-order chi connectivity index (χ1) is 9.60. The second kappa shape index (κ2) is 8.34. The summed E-state index contributed by atoms with van der Waals surface area (Å²) in [4.78, 5) is 17.7. The van der Waals surface area contributed by atoms with Crippen molar-refractivity contribution in [1.82, 2.24) is 4.98 Å². The number of ether oxygens (including phenoxy) is 2. The molecule has 1 aromatic rings. The van der Waals surface area contributed by atoms with E-state index in [0.29, 0.717) is 43.4 Å². The molecule has 7 nitrogen and oxygen atoms in total. The number of nitrogens with zero attached hydrogens (tertiary/aromatic N) is 2. The Balaban J connectivity index is 2.95. The Morgan fingerprint density at radius 1 is 1.30 bits per heavy atom. The van der Waals surface area contributed by atoms with Crippen molar-refractivity contribution in [3.63, 3.8) is 0 Å². The van der Waals surface area contributed by atoms with Gasteiger partial charge in [0.1, 0.15) is 5.82 Å². The molecule has 0 aliphatic heterocycles. The maximum absolute atomic E-state index is 11.5. The van der Waals surface area contributed by atoms with E-state index in [1.54, 1.807) is 20.3 Å². The van der Waals surface area contributed by atoms with Gasteiger partial charge >= 0.3 is 0 Å². The number of hydrogen-bond acceptors (Lipinski definition) is 6. The van der Waals surface area contributed by atoms with Gasteiger partial charge in [-0.1, -0.05) is 0 Å². The van der Waals surface area contributed by atoms with Crippen molar-refractivity contribution in [3.8, 4) is 0 Å². The number of amides is 1. The lowest BCUT2D eigenvalue weighted by Crippen LogP contribution is -2.32. The highest BCUT2D eigenvalue weighted by molar-refractivity contribution is 5.98. The summed E-state index contributed by atoms with van der Waals surface area (Å²) in [6.07, 6.45) is 2.32. The van der Waals surface area contributed by atoms with Crippen molar-refractivity contribution in [2.75, 3.05) is 51.2 Å². The molecule has 0 fully saturated rings. The maximum atomic E-state index is 11.5. The summed E-state index contributed by atoms with van der Waals surface area (Å²) in [5.74, 6) is -0.0196. The lowest BCUT2D eigenvalue weighted by Gasteiger charge is -2.25. The van der Waals surface area contributed by atoms with Gasteiger partial charge in [-0.25, -0.2) is 4.98 Å². The van der Waals surface area contributed by atoms with Crippen LogP contribution in [0.2, 0.25) is 0 Å². The van der Waals surface area contributed by atoms with Crippen LogP contribution in [-0.4, -0.2) is 51.4 Å². The highest BCUT2D eigenvalue weighted by Crippen LogP contribution is 2.19. The van der Waals surface area contributed by atoms with Gasteiger partial charge < -0.3 is 25.8 Å². The minimum absolute atomic E-state index is 0.318. The zero-order valence-electron chi connectivity index (χ0n) is 12.0. The number of nitrogens with two attached hydrogens (primary N) is 2. The molecule has 1 aromatic heterocycles. The van der Waals surface area contributed by atoms with E-state index in [1.165, 1.54) is 6.20 Å². The van der Waals surface area contributed by atoms with Crippen molar-refractivity contribution in [1.29, 1.82) is 0 Å². The van der Waals surface area contributed by atoms with Gasteiger partial charge in [0.15, 0.2) is 0 Å². The monoisotopic (exact) mass is 282 g/mol. The van der Waals surface area contributed by atoms with Gasteiger partial charge in [0.05, 0.1) is 24.1 Å². The van der Waals surface area contributed by atoms with Crippen molar-refractivity contribution >= 4 is 17.4 Å². The molecule has 20 heavy (non-hydrogen) atoms. The third-order valence-corrected chi connectivity index (χ3v) is 2.79. The fourth-order valence-electron chi connectivity index (χ4n) is 1.83. The molecule has 112 valence electrons. The minimum atomic E-state index is -0.547. The Morgan fingerprint density at radius 2 is 2.00 bits per heavy atom. The molecule has 7 heteroatoms. The summed E-state index contributed by atoms with van der Waals surface area (Å²) in [5, 5.41) is 0. The Labute approximate surface area is 118 Å². The van der Waals surface area contributed by atoms with Crippen molar-refractivity contribution < 1.29 is 14.3 Å². The Hall–Kier alpha value is -1.86. The van der Waals surface area contributed by atoms with E-state index in [2.05, 4.69) is 4.98 Å². The summed E-state index contributed by atoms with van der Waals surface area (Å²) >= 11 is 0. The average molecular weight is 282 g/mol. The molecule has 0 saturated carbocycles. The first-order valence-electron chi connectivity index (χ1n) is 6.38. The molecule has 1 heterocycles. The Bertz CT molecular complexity index is 440. The summed E-state index contributed by atoms with van der Waals surface area (Å²) in [5.41, 5.74) is 11.8. The van der Waals surface area contributed by atoms with Gasteiger partial charge in [-0.05, 0) is 12.5 Å². The molecule has 1 amide bonds. The van der Waals surface area contributed by atoms with Crippen LogP contribution in [0.25, 0.3) is 0 Å². The van der Waals surface area contributed by atoms with Gasteiger partial charge in [0.2, 0.25) is 0 Å². The summed E-state index contributed by atoms with van der Waals surface area (Å²) < 4.78 is 10.1. The van der Waals surface area contributed by atoms with Crippen LogP contribution in [0, 0.1) is 0 Å².